The van der Waals surface area contributed by atoms with Crippen molar-refractivity contribution in [2.75, 3.05) is 20.8 Å². The van der Waals surface area contributed by atoms with Crippen LogP contribution in [0.4, 0.5) is 0 Å². The first kappa shape index (κ1) is 14.7. The van der Waals surface area contributed by atoms with Gasteiger partial charge < -0.3 is 14.8 Å². The fourth-order valence-electron chi connectivity index (χ4n) is 1.58. The number of halogens is 1. The molecule has 0 spiro atoms. The maximum Gasteiger partial charge on any atom is 0.179 e. The zero-order valence-electron chi connectivity index (χ0n) is 11.0. The Morgan fingerprint density at radius 1 is 1.28 bits per heavy atom. The van der Waals surface area contributed by atoms with E-state index in [9.17, 15) is 0 Å². The molecule has 1 N–H and O–H groups in total. The van der Waals surface area contributed by atoms with Gasteiger partial charge in [-0.1, -0.05) is 11.6 Å². The third kappa shape index (κ3) is 4.14. The molecule has 0 unspecified atom stereocenters. The van der Waals surface area contributed by atoms with Gasteiger partial charge in [0.2, 0.25) is 0 Å². The largest absolute Gasteiger partial charge is 0.493 e. The first-order valence-electron chi connectivity index (χ1n) is 5.73. The molecule has 1 aromatic rings. The number of hydrogen-bond donors (Lipinski definition) is 1. The smallest absolute Gasteiger partial charge is 0.179 e. The summed E-state index contributed by atoms with van der Waals surface area (Å²) < 4.78 is 10.4. The Bertz CT molecular complexity index is 449. The molecule has 1 rings (SSSR count). The van der Waals surface area contributed by atoms with E-state index in [0.717, 1.165) is 25.1 Å². The van der Waals surface area contributed by atoms with E-state index < -0.39 is 0 Å². The van der Waals surface area contributed by atoms with Crippen molar-refractivity contribution < 1.29 is 9.47 Å². The topological polar surface area (TPSA) is 30.5 Å². The monoisotopic (exact) mass is 267 g/mol. The molecule has 0 aliphatic heterocycles. The second-order valence-corrected chi connectivity index (χ2v) is 4.07. The van der Waals surface area contributed by atoms with E-state index in [-0.39, 0.29) is 0 Å². The van der Waals surface area contributed by atoms with Crippen LogP contribution < -0.4 is 14.8 Å². The van der Waals surface area contributed by atoms with E-state index in [0.29, 0.717) is 16.5 Å². The summed E-state index contributed by atoms with van der Waals surface area (Å²) in [6.45, 7) is 3.42. The highest BCUT2D eigenvalue weighted by molar-refractivity contribution is 6.32. The van der Waals surface area contributed by atoms with Crippen LogP contribution in [0.25, 0.3) is 0 Å². The van der Waals surface area contributed by atoms with Crippen molar-refractivity contribution in [3.8, 4) is 23.3 Å². The maximum atomic E-state index is 6.12. The lowest BCUT2D eigenvalue weighted by molar-refractivity contribution is 0.354. The van der Waals surface area contributed by atoms with Gasteiger partial charge in [0.25, 0.3) is 0 Å². The maximum absolute atomic E-state index is 6.12. The molecule has 0 atom stereocenters. The van der Waals surface area contributed by atoms with Gasteiger partial charge in [0.1, 0.15) is 0 Å². The zero-order chi connectivity index (χ0) is 13.4. The first-order chi connectivity index (χ1) is 8.72. The van der Waals surface area contributed by atoms with E-state index >= 15 is 0 Å². The molecule has 0 aromatic heterocycles. The lowest BCUT2D eigenvalue weighted by Crippen LogP contribution is -2.14. The van der Waals surface area contributed by atoms with Crippen LogP contribution in [0, 0.1) is 11.8 Å². The molecule has 18 heavy (non-hydrogen) atoms. The number of hydrogen-bond acceptors (Lipinski definition) is 3. The van der Waals surface area contributed by atoms with Crippen LogP contribution in [0.2, 0.25) is 5.02 Å². The summed E-state index contributed by atoms with van der Waals surface area (Å²) in [6.07, 6.45) is 0.845. The van der Waals surface area contributed by atoms with Crippen molar-refractivity contribution in [2.45, 2.75) is 19.9 Å². The number of rotatable bonds is 6. The fraction of sp³-hybridized carbons (Fsp3) is 0.429. The van der Waals surface area contributed by atoms with E-state index in [1.54, 1.807) is 14.2 Å². The van der Waals surface area contributed by atoms with E-state index in [1.807, 2.05) is 19.1 Å². The van der Waals surface area contributed by atoms with Gasteiger partial charge in [-0.3, -0.25) is 0 Å². The fourth-order valence-corrected chi connectivity index (χ4v) is 1.89. The minimum atomic E-state index is 0.557. The minimum Gasteiger partial charge on any atom is -0.493 e. The quantitative estimate of drug-likeness (QED) is 0.635. The highest BCUT2D eigenvalue weighted by Gasteiger charge is 2.10. The summed E-state index contributed by atoms with van der Waals surface area (Å²) in [5, 5.41) is 3.85. The number of methoxy groups -OCH3 is 2. The van der Waals surface area contributed by atoms with Crippen molar-refractivity contribution in [3.05, 3.63) is 22.7 Å². The molecule has 0 bridgehead atoms. The van der Waals surface area contributed by atoms with Gasteiger partial charge >= 0.3 is 0 Å². The third-order valence-electron chi connectivity index (χ3n) is 2.43. The van der Waals surface area contributed by atoms with E-state index in [1.165, 1.54) is 0 Å². The second-order valence-electron chi connectivity index (χ2n) is 3.67. The number of ether oxygens (including phenoxy) is 2. The van der Waals surface area contributed by atoms with Crippen LogP contribution in [0.3, 0.4) is 0 Å². The van der Waals surface area contributed by atoms with Gasteiger partial charge in [-0.2, -0.15) is 0 Å². The van der Waals surface area contributed by atoms with Crippen LogP contribution in [0.1, 0.15) is 18.9 Å². The second kappa shape index (κ2) is 7.86. The van der Waals surface area contributed by atoms with Crippen LogP contribution in [0.15, 0.2) is 12.1 Å². The predicted molar refractivity (Wildman–Crippen MR) is 74.3 cm³/mol. The van der Waals surface area contributed by atoms with Crippen LogP contribution >= 0.6 is 11.6 Å². The Hall–Kier alpha value is -1.37. The Morgan fingerprint density at radius 3 is 2.67 bits per heavy atom. The van der Waals surface area contributed by atoms with Crippen LogP contribution in [-0.4, -0.2) is 20.8 Å². The SMILES string of the molecule is CC#CCCNCc1cc(Cl)c(OC)c(OC)c1. The molecule has 0 aliphatic carbocycles. The van der Waals surface area contributed by atoms with Crippen molar-refractivity contribution in [1.82, 2.24) is 5.32 Å². The molecule has 0 saturated carbocycles. The van der Waals surface area contributed by atoms with Gasteiger partial charge in [-0.05, 0) is 24.6 Å². The summed E-state index contributed by atoms with van der Waals surface area (Å²) in [5.74, 6) is 7.08. The predicted octanol–water partition coefficient (Wildman–Crippen LogP) is 2.86. The lowest BCUT2D eigenvalue weighted by atomic mass is 10.2. The Morgan fingerprint density at radius 2 is 2.06 bits per heavy atom. The van der Waals surface area contributed by atoms with Crippen molar-refractivity contribution in [2.24, 2.45) is 0 Å². The molecule has 0 amide bonds. The standard InChI is InChI=1S/C14H18ClNO2/c1-4-5-6-7-16-10-11-8-12(15)14(18-3)13(9-11)17-2/h8-9,16H,6-7,10H2,1-3H3. The minimum absolute atomic E-state index is 0.557. The Balaban J connectivity index is 2.66. The summed E-state index contributed by atoms with van der Waals surface area (Å²) >= 11 is 6.12. The van der Waals surface area contributed by atoms with Crippen LogP contribution in [-0.2, 0) is 6.54 Å². The first-order valence-corrected chi connectivity index (χ1v) is 6.11. The Labute approximate surface area is 113 Å². The van der Waals surface area contributed by atoms with Gasteiger partial charge in [-0.25, -0.2) is 0 Å². The molecule has 98 valence electrons. The summed E-state index contributed by atoms with van der Waals surface area (Å²) in [4.78, 5) is 0. The van der Waals surface area contributed by atoms with Gasteiger partial charge in [0.05, 0.1) is 19.2 Å². The van der Waals surface area contributed by atoms with E-state index in [4.69, 9.17) is 21.1 Å². The van der Waals surface area contributed by atoms with Gasteiger partial charge in [-0.15, -0.1) is 11.8 Å². The Kier molecular flexibility index (Phi) is 6.42. The van der Waals surface area contributed by atoms with Crippen molar-refractivity contribution >= 4 is 11.6 Å². The molecule has 0 saturated heterocycles. The molecule has 4 heteroatoms. The molecule has 0 aliphatic rings. The molecule has 0 radical (unpaired) electrons. The average Bonchev–Trinajstić information content (AvgIpc) is 2.37. The molecule has 3 nitrogen and oxygen atoms in total. The molecule has 0 heterocycles. The summed E-state index contributed by atoms with van der Waals surface area (Å²) in [5.41, 5.74) is 1.06. The summed E-state index contributed by atoms with van der Waals surface area (Å²) in [7, 11) is 3.17. The van der Waals surface area contributed by atoms with E-state index in [2.05, 4.69) is 17.2 Å². The average molecular weight is 268 g/mol. The third-order valence-corrected chi connectivity index (χ3v) is 2.71. The van der Waals surface area contributed by atoms with Gasteiger partial charge in [0.15, 0.2) is 11.5 Å². The lowest BCUT2D eigenvalue weighted by Gasteiger charge is -2.12. The van der Waals surface area contributed by atoms with Crippen molar-refractivity contribution in [3.63, 3.8) is 0 Å². The van der Waals surface area contributed by atoms with Crippen molar-refractivity contribution in [1.29, 1.82) is 0 Å². The molecule has 0 fully saturated rings. The zero-order valence-corrected chi connectivity index (χ0v) is 11.7. The highest BCUT2D eigenvalue weighted by atomic mass is 35.5. The molecular formula is C14H18ClNO2. The number of benzene rings is 1. The van der Waals surface area contributed by atoms with Gasteiger partial charge in [0, 0.05) is 19.5 Å². The molecular weight excluding hydrogens is 250 g/mol. The number of nitrogens with one attached hydrogen (secondary N) is 1. The molecule has 1 aromatic carbocycles. The summed E-state index contributed by atoms with van der Waals surface area (Å²) in [6, 6.07) is 3.80. The normalized spacial score (nSPS) is 9.56. The van der Waals surface area contributed by atoms with Crippen LogP contribution in [0.5, 0.6) is 11.5 Å². The highest BCUT2D eigenvalue weighted by Crippen LogP contribution is 2.35.